The molecule has 0 radical (unpaired) electrons. The number of carbonyl (C=O) groups excluding carboxylic acids is 1. The fraction of sp³-hybridized carbons (Fsp3) is 0.462. The first-order valence-electron chi connectivity index (χ1n) is 6.04. The Bertz CT molecular complexity index is 386. The summed E-state index contributed by atoms with van der Waals surface area (Å²) in [5.74, 6) is -0.0280. The van der Waals surface area contributed by atoms with Crippen molar-refractivity contribution in [2.24, 2.45) is 0 Å². The van der Waals surface area contributed by atoms with E-state index in [0.29, 0.717) is 10.0 Å². The van der Waals surface area contributed by atoms with Gasteiger partial charge in [0.2, 0.25) is 5.91 Å². The van der Waals surface area contributed by atoms with Crippen molar-refractivity contribution < 1.29 is 4.79 Å². The number of hydrogen-bond acceptors (Lipinski definition) is 2. The molecule has 0 saturated carbocycles. The van der Waals surface area contributed by atoms with Gasteiger partial charge in [-0.25, -0.2) is 0 Å². The predicted octanol–water partition coefficient (Wildman–Crippen LogP) is 3.71. The quantitative estimate of drug-likeness (QED) is 0.838. The van der Waals surface area contributed by atoms with E-state index in [0.717, 1.165) is 18.5 Å². The van der Waals surface area contributed by atoms with Gasteiger partial charge in [-0.15, -0.1) is 0 Å². The lowest BCUT2D eigenvalue weighted by Crippen LogP contribution is -2.37. The number of carbonyl (C=O) groups is 1. The van der Waals surface area contributed by atoms with E-state index in [2.05, 4.69) is 24.5 Å². The number of benzene rings is 1. The maximum Gasteiger partial charge on any atom is 0.239 e. The molecule has 100 valence electrons. The van der Waals surface area contributed by atoms with Crippen LogP contribution in [0.4, 0.5) is 5.69 Å². The lowest BCUT2D eigenvalue weighted by molar-refractivity contribution is -0.120. The van der Waals surface area contributed by atoms with E-state index >= 15 is 0 Å². The second kappa shape index (κ2) is 7.49. The largest absolute Gasteiger partial charge is 0.376 e. The summed E-state index contributed by atoms with van der Waals surface area (Å²) in [6, 6.07) is 5.36. The Morgan fingerprint density at radius 1 is 1.17 bits per heavy atom. The van der Waals surface area contributed by atoms with Gasteiger partial charge in [0.15, 0.2) is 0 Å². The van der Waals surface area contributed by atoms with Crippen LogP contribution in [0.5, 0.6) is 0 Å². The van der Waals surface area contributed by atoms with Crippen LogP contribution >= 0.6 is 23.2 Å². The van der Waals surface area contributed by atoms with Crippen LogP contribution in [-0.4, -0.2) is 18.5 Å². The Morgan fingerprint density at radius 3 is 2.22 bits per heavy atom. The average molecular weight is 289 g/mol. The smallest absolute Gasteiger partial charge is 0.239 e. The highest BCUT2D eigenvalue weighted by molar-refractivity contribution is 6.35. The van der Waals surface area contributed by atoms with Gasteiger partial charge in [-0.2, -0.15) is 0 Å². The third kappa shape index (κ3) is 5.15. The number of hydrogen-bond donors (Lipinski definition) is 2. The van der Waals surface area contributed by atoms with Crippen LogP contribution < -0.4 is 10.6 Å². The van der Waals surface area contributed by atoms with Gasteiger partial charge in [-0.3, -0.25) is 4.79 Å². The molecule has 0 spiro atoms. The van der Waals surface area contributed by atoms with Gasteiger partial charge in [0, 0.05) is 21.8 Å². The molecule has 0 atom stereocenters. The number of anilines is 1. The first kappa shape index (κ1) is 15.1. The Balaban J connectivity index is 2.47. The second-order valence-electron chi connectivity index (χ2n) is 4.09. The van der Waals surface area contributed by atoms with Gasteiger partial charge < -0.3 is 10.6 Å². The summed E-state index contributed by atoms with van der Waals surface area (Å²) in [6.45, 7) is 4.32. The van der Waals surface area contributed by atoms with Crippen molar-refractivity contribution >= 4 is 34.8 Å². The molecule has 0 unspecified atom stereocenters. The van der Waals surface area contributed by atoms with Gasteiger partial charge in [0.05, 0.1) is 6.54 Å². The van der Waals surface area contributed by atoms with Crippen molar-refractivity contribution in [1.29, 1.82) is 0 Å². The number of nitrogens with one attached hydrogen (secondary N) is 2. The van der Waals surface area contributed by atoms with Gasteiger partial charge in [-0.05, 0) is 31.0 Å². The van der Waals surface area contributed by atoms with Crippen LogP contribution in [0.15, 0.2) is 18.2 Å². The minimum absolute atomic E-state index is 0.0280. The molecule has 0 fully saturated rings. The number of rotatable bonds is 6. The molecule has 0 aliphatic rings. The number of amides is 1. The summed E-state index contributed by atoms with van der Waals surface area (Å²) in [5.41, 5.74) is 0.743. The van der Waals surface area contributed by atoms with Crippen LogP contribution in [0.25, 0.3) is 0 Å². The first-order chi connectivity index (χ1) is 8.55. The lowest BCUT2D eigenvalue weighted by Gasteiger charge is -2.15. The monoisotopic (exact) mass is 288 g/mol. The first-order valence-corrected chi connectivity index (χ1v) is 6.80. The Hall–Kier alpha value is -0.930. The van der Waals surface area contributed by atoms with Crippen LogP contribution in [-0.2, 0) is 4.79 Å². The lowest BCUT2D eigenvalue weighted by atomic mass is 10.2. The van der Waals surface area contributed by atoms with Gasteiger partial charge >= 0.3 is 0 Å². The molecule has 1 aromatic rings. The van der Waals surface area contributed by atoms with E-state index < -0.39 is 0 Å². The predicted molar refractivity (Wildman–Crippen MR) is 77.5 cm³/mol. The molecule has 2 N–H and O–H groups in total. The van der Waals surface area contributed by atoms with E-state index in [1.54, 1.807) is 18.2 Å². The summed E-state index contributed by atoms with van der Waals surface area (Å²) in [5, 5.41) is 7.04. The molecule has 0 aromatic heterocycles. The molecule has 0 aliphatic heterocycles. The van der Waals surface area contributed by atoms with Crippen LogP contribution in [0.1, 0.15) is 26.7 Å². The summed E-state index contributed by atoms with van der Waals surface area (Å²) in [4.78, 5) is 11.7. The SMILES string of the molecule is CCC(CC)NC(=O)CNc1cc(Cl)cc(Cl)c1. The van der Waals surface area contributed by atoms with Crippen molar-refractivity contribution in [2.75, 3.05) is 11.9 Å². The molecule has 0 heterocycles. The minimum atomic E-state index is -0.0280. The summed E-state index contributed by atoms with van der Waals surface area (Å²) >= 11 is 11.7. The second-order valence-corrected chi connectivity index (χ2v) is 4.97. The highest BCUT2D eigenvalue weighted by Gasteiger charge is 2.08. The highest BCUT2D eigenvalue weighted by Crippen LogP contribution is 2.22. The molecule has 3 nitrogen and oxygen atoms in total. The molecule has 0 bridgehead atoms. The summed E-state index contributed by atoms with van der Waals surface area (Å²) < 4.78 is 0. The minimum Gasteiger partial charge on any atom is -0.376 e. The molecule has 1 amide bonds. The molecule has 0 aliphatic carbocycles. The van der Waals surface area contributed by atoms with Crippen molar-refractivity contribution in [3.63, 3.8) is 0 Å². The molecule has 1 rings (SSSR count). The normalized spacial score (nSPS) is 10.5. The molecule has 0 saturated heterocycles. The van der Waals surface area contributed by atoms with Crippen molar-refractivity contribution in [3.05, 3.63) is 28.2 Å². The summed E-state index contributed by atoms with van der Waals surface area (Å²) in [6.07, 6.45) is 1.87. The zero-order chi connectivity index (χ0) is 13.5. The van der Waals surface area contributed by atoms with Gasteiger partial charge in [-0.1, -0.05) is 37.0 Å². The fourth-order valence-corrected chi connectivity index (χ4v) is 2.14. The molecular formula is C13H18Cl2N2O. The third-order valence-corrected chi connectivity index (χ3v) is 3.10. The fourth-order valence-electron chi connectivity index (χ4n) is 1.61. The molecule has 1 aromatic carbocycles. The highest BCUT2D eigenvalue weighted by atomic mass is 35.5. The Labute approximate surface area is 118 Å². The third-order valence-electron chi connectivity index (χ3n) is 2.67. The maximum atomic E-state index is 11.7. The molecule has 18 heavy (non-hydrogen) atoms. The number of halogens is 2. The van der Waals surface area contributed by atoms with Crippen LogP contribution in [0.2, 0.25) is 10.0 Å². The molecular weight excluding hydrogens is 271 g/mol. The van der Waals surface area contributed by atoms with E-state index in [1.807, 2.05) is 0 Å². The average Bonchev–Trinajstić information content (AvgIpc) is 2.32. The standard InChI is InChI=1S/C13H18Cl2N2O/c1-3-11(4-2)17-13(18)8-16-12-6-9(14)5-10(15)7-12/h5-7,11,16H,3-4,8H2,1-2H3,(H,17,18). The van der Waals surface area contributed by atoms with E-state index in [1.165, 1.54) is 0 Å². The Kier molecular flexibility index (Phi) is 6.30. The topological polar surface area (TPSA) is 41.1 Å². The van der Waals surface area contributed by atoms with Crippen LogP contribution in [0.3, 0.4) is 0 Å². The van der Waals surface area contributed by atoms with Crippen molar-refractivity contribution in [2.45, 2.75) is 32.7 Å². The van der Waals surface area contributed by atoms with E-state index in [4.69, 9.17) is 23.2 Å². The zero-order valence-corrected chi connectivity index (χ0v) is 12.1. The zero-order valence-electron chi connectivity index (χ0n) is 10.6. The Morgan fingerprint density at radius 2 is 1.72 bits per heavy atom. The van der Waals surface area contributed by atoms with Crippen molar-refractivity contribution in [1.82, 2.24) is 5.32 Å². The maximum absolute atomic E-state index is 11.7. The van der Waals surface area contributed by atoms with Gasteiger partial charge in [0.25, 0.3) is 0 Å². The van der Waals surface area contributed by atoms with Gasteiger partial charge in [0.1, 0.15) is 0 Å². The summed E-state index contributed by atoms with van der Waals surface area (Å²) in [7, 11) is 0. The van der Waals surface area contributed by atoms with E-state index in [9.17, 15) is 4.79 Å². The van der Waals surface area contributed by atoms with Crippen molar-refractivity contribution in [3.8, 4) is 0 Å². The van der Waals surface area contributed by atoms with Crippen LogP contribution in [0, 0.1) is 0 Å². The van der Waals surface area contributed by atoms with E-state index in [-0.39, 0.29) is 18.5 Å². The molecule has 5 heteroatoms.